The molecule has 156 valence electrons. The van der Waals surface area contributed by atoms with E-state index in [1.54, 1.807) is 11.9 Å². The maximum atomic E-state index is 12.9. The first-order chi connectivity index (χ1) is 14.6. The molecule has 1 saturated heterocycles. The van der Waals surface area contributed by atoms with Crippen molar-refractivity contribution < 1.29 is 9.53 Å². The van der Waals surface area contributed by atoms with E-state index in [2.05, 4.69) is 26.4 Å². The molecule has 0 saturated carbocycles. The van der Waals surface area contributed by atoms with Crippen LogP contribution in [0.5, 0.6) is 5.75 Å². The minimum absolute atomic E-state index is 0.0417. The smallest absolute Gasteiger partial charge is 0.253 e. The van der Waals surface area contributed by atoms with E-state index >= 15 is 0 Å². The van der Waals surface area contributed by atoms with Crippen LogP contribution in [-0.2, 0) is 0 Å². The fourth-order valence-electron chi connectivity index (χ4n) is 3.55. The molecular weight excluding hydrogens is 380 g/mol. The maximum absolute atomic E-state index is 12.9. The van der Waals surface area contributed by atoms with Gasteiger partial charge in [-0.15, -0.1) is 10.2 Å². The second-order valence-corrected chi connectivity index (χ2v) is 7.56. The van der Waals surface area contributed by atoms with Crippen molar-refractivity contribution in [1.29, 1.82) is 0 Å². The van der Waals surface area contributed by atoms with Crippen molar-refractivity contribution in [3.05, 3.63) is 54.1 Å². The lowest BCUT2D eigenvalue weighted by Gasteiger charge is -2.36. The van der Waals surface area contributed by atoms with Crippen LogP contribution in [0.25, 0.3) is 11.4 Å². The highest BCUT2D eigenvalue weighted by Crippen LogP contribution is 2.28. The van der Waals surface area contributed by atoms with Crippen molar-refractivity contribution in [2.45, 2.75) is 19.9 Å². The summed E-state index contributed by atoms with van der Waals surface area (Å²) in [5, 5.41) is 12.5. The Morgan fingerprint density at radius 3 is 2.33 bits per heavy atom. The van der Waals surface area contributed by atoms with Crippen molar-refractivity contribution in [2.75, 3.05) is 38.2 Å². The number of anilines is 1. The number of para-hydroxylation sites is 2. The molecule has 30 heavy (non-hydrogen) atoms. The summed E-state index contributed by atoms with van der Waals surface area (Å²) in [6.45, 7) is 6.88. The summed E-state index contributed by atoms with van der Waals surface area (Å²) >= 11 is 0. The number of piperazine rings is 1. The maximum Gasteiger partial charge on any atom is 0.253 e. The molecular formula is C22H26N6O2. The number of rotatable bonds is 5. The van der Waals surface area contributed by atoms with E-state index in [-0.39, 0.29) is 11.9 Å². The Labute approximate surface area is 176 Å². The number of methoxy groups -OCH3 is 1. The van der Waals surface area contributed by atoms with Crippen LogP contribution in [-0.4, -0.2) is 64.3 Å². The number of aromatic nitrogens is 4. The zero-order chi connectivity index (χ0) is 21.1. The second-order valence-electron chi connectivity index (χ2n) is 7.56. The molecule has 1 aliphatic heterocycles. The van der Waals surface area contributed by atoms with Gasteiger partial charge in [-0.05, 0) is 43.3 Å². The average molecular weight is 406 g/mol. The number of tetrazole rings is 1. The van der Waals surface area contributed by atoms with Gasteiger partial charge in [0, 0.05) is 37.3 Å². The molecule has 1 fully saturated rings. The standard InChI is InChI=1S/C22H26N6O2/c1-16(2)28-24-21(23-25-28)17-8-10-18(11-9-17)22(29)27-14-12-26(13-15-27)19-6-4-5-7-20(19)30-3/h4-11,16H,12-15H2,1-3H3. The minimum atomic E-state index is 0.0417. The van der Waals surface area contributed by atoms with Gasteiger partial charge in [-0.25, -0.2) is 0 Å². The molecule has 4 rings (SSSR count). The van der Waals surface area contributed by atoms with Gasteiger partial charge >= 0.3 is 0 Å². The molecule has 2 aromatic carbocycles. The first-order valence-corrected chi connectivity index (χ1v) is 10.1. The van der Waals surface area contributed by atoms with Crippen LogP contribution < -0.4 is 9.64 Å². The van der Waals surface area contributed by atoms with Crippen LogP contribution in [0.4, 0.5) is 5.69 Å². The fraction of sp³-hybridized carbons (Fsp3) is 0.364. The van der Waals surface area contributed by atoms with Crippen LogP contribution in [0.15, 0.2) is 48.5 Å². The summed E-state index contributed by atoms with van der Waals surface area (Å²) in [6, 6.07) is 15.6. The third kappa shape index (κ3) is 3.98. The van der Waals surface area contributed by atoms with Gasteiger partial charge in [0.25, 0.3) is 5.91 Å². The minimum Gasteiger partial charge on any atom is -0.495 e. The Morgan fingerprint density at radius 2 is 1.70 bits per heavy atom. The number of carbonyl (C=O) groups excluding carboxylic acids is 1. The predicted molar refractivity (Wildman–Crippen MR) is 115 cm³/mol. The van der Waals surface area contributed by atoms with E-state index in [9.17, 15) is 4.79 Å². The Balaban J connectivity index is 1.40. The van der Waals surface area contributed by atoms with Gasteiger partial charge in [0.05, 0.1) is 18.8 Å². The Morgan fingerprint density at radius 1 is 1.00 bits per heavy atom. The monoisotopic (exact) mass is 406 g/mol. The number of nitrogens with zero attached hydrogens (tertiary/aromatic N) is 6. The lowest BCUT2D eigenvalue weighted by atomic mass is 10.1. The van der Waals surface area contributed by atoms with Crippen molar-refractivity contribution >= 4 is 11.6 Å². The largest absolute Gasteiger partial charge is 0.495 e. The molecule has 0 radical (unpaired) electrons. The third-order valence-electron chi connectivity index (χ3n) is 5.27. The fourth-order valence-corrected chi connectivity index (χ4v) is 3.55. The van der Waals surface area contributed by atoms with E-state index in [1.165, 1.54) is 0 Å². The summed E-state index contributed by atoms with van der Waals surface area (Å²) < 4.78 is 5.47. The van der Waals surface area contributed by atoms with Gasteiger partial charge in [-0.3, -0.25) is 4.79 Å². The van der Waals surface area contributed by atoms with Crippen LogP contribution in [0.3, 0.4) is 0 Å². The van der Waals surface area contributed by atoms with Gasteiger partial charge in [0.2, 0.25) is 5.82 Å². The first-order valence-electron chi connectivity index (χ1n) is 10.1. The Bertz CT molecular complexity index is 1010. The quantitative estimate of drug-likeness (QED) is 0.649. The van der Waals surface area contributed by atoms with Crippen molar-refractivity contribution in [2.24, 2.45) is 0 Å². The molecule has 1 aliphatic rings. The Hall–Kier alpha value is -3.42. The molecule has 0 bridgehead atoms. The first kappa shape index (κ1) is 19.9. The number of hydrogen-bond acceptors (Lipinski definition) is 6. The number of benzene rings is 2. The number of carbonyl (C=O) groups is 1. The number of hydrogen-bond donors (Lipinski definition) is 0. The summed E-state index contributed by atoms with van der Waals surface area (Å²) in [5.74, 6) is 1.46. The number of amides is 1. The van der Waals surface area contributed by atoms with Gasteiger partial charge in [0.1, 0.15) is 5.75 Å². The van der Waals surface area contributed by atoms with Gasteiger partial charge in [0.15, 0.2) is 0 Å². The zero-order valence-corrected chi connectivity index (χ0v) is 17.5. The SMILES string of the molecule is COc1ccccc1N1CCN(C(=O)c2ccc(-c3nnn(C(C)C)n3)cc2)CC1. The van der Waals surface area contributed by atoms with Gasteiger partial charge in [-0.1, -0.05) is 24.3 Å². The van der Waals surface area contributed by atoms with E-state index in [0.717, 1.165) is 30.1 Å². The summed E-state index contributed by atoms with van der Waals surface area (Å²) in [4.78, 5) is 18.7. The van der Waals surface area contributed by atoms with Crippen LogP contribution >= 0.6 is 0 Å². The van der Waals surface area contributed by atoms with E-state index < -0.39 is 0 Å². The summed E-state index contributed by atoms with van der Waals surface area (Å²) in [7, 11) is 1.68. The van der Waals surface area contributed by atoms with E-state index in [0.29, 0.717) is 24.5 Å². The predicted octanol–water partition coefficient (Wildman–Crippen LogP) is 2.89. The molecule has 1 aromatic heterocycles. The second kappa shape index (κ2) is 8.52. The van der Waals surface area contributed by atoms with E-state index in [4.69, 9.17) is 4.74 Å². The van der Waals surface area contributed by atoms with Gasteiger partial charge in [-0.2, -0.15) is 4.80 Å². The molecule has 0 N–H and O–H groups in total. The average Bonchev–Trinajstić information content (AvgIpc) is 3.30. The highest BCUT2D eigenvalue weighted by atomic mass is 16.5. The molecule has 3 aromatic rings. The summed E-state index contributed by atoms with van der Waals surface area (Å²) in [5.41, 5.74) is 2.58. The van der Waals surface area contributed by atoms with Crippen molar-refractivity contribution in [3.8, 4) is 17.1 Å². The summed E-state index contributed by atoms with van der Waals surface area (Å²) in [6.07, 6.45) is 0. The zero-order valence-electron chi connectivity index (χ0n) is 17.5. The van der Waals surface area contributed by atoms with Crippen molar-refractivity contribution in [3.63, 3.8) is 0 Å². The molecule has 0 spiro atoms. The number of ether oxygens (including phenoxy) is 1. The molecule has 2 heterocycles. The molecule has 0 atom stereocenters. The van der Waals surface area contributed by atoms with Crippen LogP contribution in [0, 0.1) is 0 Å². The van der Waals surface area contributed by atoms with Gasteiger partial charge < -0.3 is 14.5 Å². The molecule has 8 nitrogen and oxygen atoms in total. The molecule has 1 amide bonds. The third-order valence-corrected chi connectivity index (χ3v) is 5.27. The Kier molecular flexibility index (Phi) is 5.65. The van der Waals surface area contributed by atoms with Crippen LogP contribution in [0.2, 0.25) is 0 Å². The molecule has 0 unspecified atom stereocenters. The normalized spacial score (nSPS) is 14.3. The highest BCUT2D eigenvalue weighted by molar-refractivity contribution is 5.94. The van der Waals surface area contributed by atoms with E-state index in [1.807, 2.05) is 61.2 Å². The topological polar surface area (TPSA) is 76.4 Å². The van der Waals surface area contributed by atoms with Crippen LogP contribution in [0.1, 0.15) is 30.2 Å². The molecule has 8 heteroatoms. The van der Waals surface area contributed by atoms with Crippen molar-refractivity contribution in [1.82, 2.24) is 25.1 Å². The molecule has 0 aliphatic carbocycles. The highest BCUT2D eigenvalue weighted by Gasteiger charge is 2.23. The lowest BCUT2D eigenvalue weighted by molar-refractivity contribution is 0.0746. The lowest BCUT2D eigenvalue weighted by Crippen LogP contribution is -2.48.